The van der Waals surface area contributed by atoms with Crippen molar-refractivity contribution < 1.29 is 14.3 Å². The van der Waals surface area contributed by atoms with Crippen molar-refractivity contribution >= 4 is 40.0 Å². The SMILES string of the molecule is C=CCn1c(SCC(=O)Nc2sc3c(c2C(=O)OCC)CCC3)nnc1-c1ccncc1. The summed E-state index contributed by atoms with van der Waals surface area (Å²) in [6.07, 6.45) is 7.95. The van der Waals surface area contributed by atoms with E-state index in [0.29, 0.717) is 34.7 Å². The van der Waals surface area contributed by atoms with E-state index in [4.69, 9.17) is 4.74 Å². The van der Waals surface area contributed by atoms with Crippen LogP contribution in [0.15, 0.2) is 42.3 Å². The third-order valence-electron chi connectivity index (χ3n) is 4.95. The van der Waals surface area contributed by atoms with Gasteiger partial charge in [-0.2, -0.15) is 0 Å². The second-order valence-electron chi connectivity index (χ2n) is 7.06. The van der Waals surface area contributed by atoms with Crippen LogP contribution >= 0.6 is 23.1 Å². The minimum atomic E-state index is -0.373. The molecule has 0 aliphatic heterocycles. The highest BCUT2D eigenvalue weighted by Gasteiger charge is 2.28. The number of ether oxygens (including phenoxy) is 1. The van der Waals surface area contributed by atoms with E-state index in [1.807, 2.05) is 16.7 Å². The molecule has 3 aromatic heterocycles. The molecule has 166 valence electrons. The van der Waals surface area contributed by atoms with Crippen LogP contribution in [0.2, 0.25) is 0 Å². The average molecular weight is 470 g/mol. The molecule has 32 heavy (non-hydrogen) atoms. The Labute approximate surface area is 194 Å². The van der Waals surface area contributed by atoms with Gasteiger partial charge in [-0.3, -0.25) is 14.3 Å². The second-order valence-corrected chi connectivity index (χ2v) is 9.11. The Morgan fingerprint density at radius 3 is 2.88 bits per heavy atom. The molecule has 4 rings (SSSR count). The van der Waals surface area contributed by atoms with Gasteiger partial charge in [-0.25, -0.2) is 4.79 Å². The van der Waals surface area contributed by atoms with E-state index in [9.17, 15) is 9.59 Å². The smallest absolute Gasteiger partial charge is 0.341 e. The van der Waals surface area contributed by atoms with E-state index in [1.54, 1.807) is 25.4 Å². The highest BCUT2D eigenvalue weighted by Crippen LogP contribution is 2.39. The van der Waals surface area contributed by atoms with Crippen molar-refractivity contribution in [2.24, 2.45) is 0 Å². The Bertz CT molecular complexity index is 1140. The van der Waals surface area contributed by atoms with Gasteiger partial charge < -0.3 is 10.1 Å². The molecule has 0 bridgehead atoms. The zero-order valence-corrected chi connectivity index (χ0v) is 19.3. The van der Waals surface area contributed by atoms with Crippen LogP contribution in [0.5, 0.6) is 0 Å². The molecule has 0 saturated heterocycles. The van der Waals surface area contributed by atoms with Gasteiger partial charge in [0.15, 0.2) is 11.0 Å². The molecule has 1 amide bonds. The number of aromatic nitrogens is 4. The number of anilines is 1. The number of fused-ring (bicyclic) bond motifs is 1. The molecule has 1 aliphatic rings. The number of hydrogen-bond acceptors (Lipinski definition) is 8. The largest absolute Gasteiger partial charge is 0.462 e. The number of thiophene rings is 1. The fraction of sp³-hybridized carbons (Fsp3) is 0.318. The summed E-state index contributed by atoms with van der Waals surface area (Å²) in [6, 6.07) is 3.72. The molecule has 1 N–H and O–H groups in total. The fourth-order valence-electron chi connectivity index (χ4n) is 3.61. The number of amides is 1. The molecule has 0 aromatic carbocycles. The second kappa shape index (κ2) is 10.1. The van der Waals surface area contributed by atoms with Gasteiger partial charge >= 0.3 is 5.97 Å². The zero-order valence-electron chi connectivity index (χ0n) is 17.7. The first kappa shape index (κ1) is 22.2. The van der Waals surface area contributed by atoms with Crippen molar-refractivity contribution in [1.82, 2.24) is 19.7 Å². The van der Waals surface area contributed by atoms with Crippen molar-refractivity contribution in [1.29, 1.82) is 0 Å². The van der Waals surface area contributed by atoms with Gasteiger partial charge in [-0.1, -0.05) is 17.8 Å². The lowest BCUT2D eigenvalue weighted by Crippen LogP contribution is -2.17. The van der Waals surface area contributed by atoms with E-state index in [0.717, 1.165) is 35.3 Å². The first-order valence-electron chi connectivity index (χ1n) is 10.3. The Morgan fingerprint density at radius 2 is 2.12 bits per heavy atom. The number of nitrogens with zero attached hydrogens (tertiary/aromatic N) is 4. The summed E-state index contributed by atoms with van der Waals surface area (Å²) in [5.74, 6) is 0.243. The maximum absolute atomic E-state index is 12.7. The number of rotatable bonds is 9. The van der Waals surface area contributed by atoms with E-state index >= 15 is 0 Å². The van der Waals surface area contributed by atoms with Gasteiger partial charge in [-0.05, 0) is 43.9 Å². The van der Waals surface area contributed by atoms with Crippen molar-refractivity contribution in [3.8, 4) is 11.4 Å². The topological polar surface area (TPSA) is 99.0 Å². The third kappa shape index (κ3) is 4.61. The first-order valence-corrected chi connectivity index (χ1v) is 12.1. The lowest BCUT2D eigenvalue weighted by atomic mass is 10.1. The average Bonchev–Trinajstić information content (AvgIpc) is 3.48. The van der Waals surface area contributed by atoms with Crippen LogP contribution in [0.25, 0.3) is 11.4 Å². The summed E-state index contributed by atoms with van der Waals surface area (Å²) >= 11 is 2.76. The van der Waals surface area contributed by atoms with Crippen LogP contribution in [0, 0.1) is 0 Å². The Morgan fingerprint density at radius 1 is 1.31 bits per heavy atom. The standard InChI is InChI=1S/C22H23N5O3S2/c1-3-12-27-19(14-8-10-23-11-9-14)25-26-22(27)31-13-17(28)24-20-18(21(29)30-4-2)15-6-5-7-16(15)32-20/h3,8-11H,1,4-7,12-13H2,2H3,(H,24,28). The predicted octanol–water partition coefficient (Wildman–Crippen LogP) is 3.98. The molecule has 8 nitrogen and oxygen atoms in total. The number of aryl methyl sites for hydroxylation is 1. The van der Waals surface area contributed by atoms with Crippen LogP contribution in [-0.2, 0) is 28.9 Å². The number of carbonyl (C=O) groups excluding carboxylic acids is 2. The number of pyridine rings is 1. The molecule has 10 heteroatoms. The normalized spacial score (nSPS) is 12.4. The Balaban J connectivity index is 1.48. The van der Waals surface area contributed by atoms with Crippen LogP contribution in [0.4, 0.5) is 5.00 Å². The van der Waals surface area contributed by atoms with Crippen molar-refractivity contribution in [2.45, 2.75) is 37.9 Å². The maximum atomic E-state index is 12.7. The highest BCUT2D eigenvalue weighted by atomic mass is 32.2. The van der Waals surface area contributed by atoms with Crippen LogP contribution in [0.1, 0.15) is 34.1 Å². The number of hydrogen-bond donors (Lipinski definition) is 1. The van der Waals surface area contributed by atoms with E-state index in [-0.39, 0.29) is 17.6 Å². The van der Waals surface area contributed by atoms with Crippen molar-refractivity contribution in [3.05, 3.63) is 53.2 Å². The summed E-state index contributed by atoms with van der Waals surface area (Å²) in [5.41, 5.74) is 2.42. The number of allylic oxidation sites excluding steroid dienone is 1. The maximum Gasteiger partial charge on any atom is 0.341 e. The predicted molar refractivity (Wildman–Crippen MR) is 125 cm³/mol. The molecule has 0 spiro atoms. The Kier molecular flexibility index (Phi) is 7.01. The number of esters is 1. The first-order chi connectivity index (χ1) is 15.6. The van der Waals surface area contributed by atoms with Crippen molar-refractivity contribution in [3.63, 3.8) is 0 Å². The molecule has 0 atom stereocenters. The van der Waals surface area contributed by atoms with Gasteiger partial charge in [0.2, 0.25) is 5.91 Å². The summed E-state index contributed by atoms with van der Waals surface area (Å²) < 4.78 is 7.13. The van der Waals surface area contributed by atoms with Gasteiger partial charge in [-0.15, -0.1) is 28.1 Å². The van der Waals surface area contributed by atoms with E-state index in [1.165, 1.54) is 23.1 Å². The molecular formula is C22H23N5O3S2. The van der Waals surface area contributed by atoms with Gasteiger partial charge in [0.1, 0.15) is 5.00 Å². The monoisotopic (exact) mass is 469 g/mol. The van der Waals surface area contributed by atoms with Crippen LogP contribution < -0.4 is 5.32 Å². The quantitative estimate of drug-likeness (QED) is 0.287. The van der Waals surface area contributed by atoms with E-state index < -0.39 is 0 Å². The molecule has 0 saturated carbocycles. The summed E-state index contributed by atoms with van der Waals surface area (Å²) in [7, 11) is 0. The minimum Gasteiger partial charge on any atom is -0.462 e. The lowest BCUT2D eigenvalue weighted by Gasteiger charge is -2.09. The zero-order chi connectivity index (χ0) is 22.5. The Hall–Kier alpha value is -2.98. The minimum absolute atomic E-state index is 0.135. The molecular weight excluding hydrogens is 446 g/mol. The number of thioether (sulfide) groups is 1. The van der Waals surface area contributed by atoms with Gasteiger partial charge in [0.05, 0.1) is 17.9 Å². The number of carbonyl (C=O) groups is 2. The molecule has 0 unspecified atom stereocenters. The summed E-state index contributed by atoms with van der Waals surface area (Å²) in [4.78, 5) is 30.4. The molecule has 3 heterocycles. The highest BCUT2D eigenvalue weighted by molar-refractivity contribution is 7.99. The molecule has 1 aliphatic carbocycles. The third-order valence-corrected chi connectivity index (χ3v) is 7.13. The molecule has 3 aromatic rings. The number of nitrogens with one attached hydrogen (secondary N) is 1. The fourth-order valence-corrected chi connectivity index (χ4v) is 5.65. The summed E-state index contributed by atoms with van der Waals surface area (Å²) in [5, 5.41) is 12.6. The van der Waals surface area contributed by atoms with Crippen molar-refractivity contribution in [2.75, 3.05) is 17.7 Å². The van der Waals surface area contributed by atoms with Gasteiger partial charge in [0.25, 0.3) is 0 Å². The van der Waals surface area contributed by atoms with Gasteiger partial charge in [0, 0.05) is 29.4 Å². The summed E-state index contributed by atoms with van der Waals surface area (Å²) in [6.45, 7) is 6.40. The van der Waals surface area contributed by atoms with Crippen LogP contribution in [-0.4, -0.2) is 44.0 Å². The molecule has 0 fully saturated rings. The molecule has 0 radical (unpaired) electrons. The van der Waals surface area contributed by atoms with Crippen LogP contribution in [0.3, 0.4) is 0 Å². The van der Waals surface area contributed by atoms with E-state index in [2.05, 4.69) is 27.1 Å². The lowest BCUT2D eigenvalue weighted by molar-refractivity contribution is -0.113.